The normalized spacial score (nSPS) is 16.5. The summed E-state index contributed by atoms with van der Waals surface area (Å²) in [6, 6.07) is 10.9. The summed E-state index contributed by atoms with van der Waals surface area (Å²) in [6.45, 7) is 4.83. The van der Waals surface area contributed by atoms with E-state index in [9.17, 15) is 9.90 Å². The van der Waals surface area contributed by atoms with Crippen molar-refractivity contribution in [2.75, 3.05) is 13.2 Å². The number of carbonyl (C=O) groups excluding carboxylic acids is 1. The van der Waals surface area contributed by atoms with Crippen molar-refractivity contribution < 1.29 is 19.4 Å². The molecule has 1 aliphatic rings. The van der Waals surface area contributed by atoms with Crippen LogP contribution in [0.1, 0.15) is 19.4 Å². The van der Waals surface area contributed by atoms with Gasteiger partial charge in [0.25, 0.3) is 5.91 Å². The fraction of sp³-hybridized carbons (Fsp3) is 0.200. The van der Waals surface area contributed by atoms with Gasteiger partial charge in [0, 0.05) is 0 Å². The molecule has 1 saturated heterocycles. The minimum atomic E-state index is -0.212. The number of thioether (sulfide) groups is 1. The van der Waals surface area contributed by atoms with Gasteiger partial charge in [-0.3, -0.25) is 4.79 Å². The van der Waals surface area contributed by atoms with Crippen LogP contribution in [-0.4, -0.2) is 29.4 Å². The fourth-order valence-corrected chi connectivity index (χ4v) is 3.94. The molecule has 0 unspecified atom stereocenters. The summed E-state index contributed by atoms with van der Waals surface area (Å²) in [5, 5.41) is 13.3. The third-order valence-electron chi connectivity index (χ3n) is 3.68. The zero-order chi connectivity index (χ0) is 20.1. The zero-order valence-corrected chi connectivity index (χ0v) is 18.3. The Morgan fingerprint density at radius 1 is 1.18 bits per heavy atom. The first-order valence-electron chi connectivity index (χ1n) is 8.68. The summed E-state index contributed by atoms with van der Waals surface area (Å²) < 4.78 is 11.5. The van der Waals surface area contributed by atoms with Crippen LogP contribution in [0.15, 0.2) is 46.3 Å². The van der Waals surface area contributed by atoms with Crippen LogP contribution in [0, 0.1) is 3.57 Å². The molecule has 0 aromatic heterocycles. The lowest BCUT2D eigenvalue weighted by Gasteiger charge is -2.08. The second kappa shape index (κ2) is 9.33. The third-order valence-corrected chi connectivity index (χ3v) is 5.41. The highest BCUT2D eigenvalue weighted by atomic mass is 127. The molecular formula is C20H19IN2O4S. The van der Waals surface area contributed by atoms with Gasteiger partial charge in [0.15, 0.2) is 16.7 Å². The van der Waals surface area contributed by atoms with E-state index >= 15 is 0 Å². The van der Waals surface area contributed by atoms with Crippen LogP contribution in [0.4, 0.5) is 5.69 Å². The van der Waals surface area contributed by atoms with E-state index in [1.165, 1.54) is 11.8 Å². The quantitative estimate of drug-likeness (QED) is 0.436. The second-order valence-corrected chi connectivity index (χ2v) is 7.88. The Hall–Kier alpha value is -2.20. The van der Waals surface area contributed by atoms with Crippen LogP contribution in [0.3, 0.4) is 0 Å². The molecule has 8 heteroatoms. The van der Waals surface area contributed by atoms with Crippen molar-refractivity contribution in [3.63, 3.8) is 0 Å². The van der Waals surface area contributed by atoms with Gasteiger partial charge in [-0.25, -0.2) is 4.99 Å². The Morgan fingerprint density at radius 2 is 1.89 bits per heavy atom. The number of phenols is 1. The fourth-order valence-electron chi connectivity index (χ4n) is 2.48. The first-order chi connectivity index (χ1) is 13.5. The molecule has 3 rings (SSSR count). The lowest BCUT2D eigenvalue weighted by Crippen LogP contribution is -2.19. The summed E-state index contributed by atoms with van der Waals surface area (Å²) in [4.78, 5) is 17.3. The molecule has 0 bridgehead atoms. The molecule has 0 saturated carbocycles. The molecule has 2 aromatic rings. The highest BCUT2D eigenvalue weighted by Gasteiger charge is 2.24. The maximum Gasteiger partial charge on any atom is 0.264 e. The average molecular weight is 510 g/mol. The van der Waals surface area contributed by atoms with Gasteiger partial charge in [-0.05, 0) is 96.2 Å². The van der Waals surface area contributed by atoms with E-state index in [4.69, 9.17) is 9.47 Å². The van der Waals surface area contributed by atoms with E-state index in [2.05, 4.69) is 10.3 Å². The van der Waals surface area contributed by atoms with Crippen LogP contribution in [0.25, 0.3) is 6.08 Å². The molecule has 1 fully saturated rings. The molecule has 1 aliphatic heterocycles. The van der Waals surface area contributed by atoms with Gasteiger partial charge in [-0.2, -0.15) is 0 Å². The Kier molecular flexibility index (Phi) is 6.84. The van der Waals surface area contributed by atoms with Gasteiger partial charge < -0.3 is 19.9 Å². The van der Waals surface area contributed by atoms with Crippen LogP contribution < -0.4 is 14.8 Å². The minimum absolute atomic E-state index is 0.103. The predicted molar refractivity (Wildman–Crippen MR) is 120 cm³/mol. The van der Waals surface area contributed by atoms with Gasteiger partial charge in [0.05, 0.1) is 27.4 Å². The molecule has 0 atom stereocenters. The summed E-state index contributed by atoms with van der Waals surface area (Å²) in [5.41, 5.74) is 1.50. The molecule has 0 radical (unpaired) electrons. The SMILES string of the molecule is CCOc1ccc(N=C2NC(=O)/C(=C\c3cc(I)c(O)c(OCC)c3)S2)cc1. The lowest BCUT2D eigenvalue weighted by atomic mass is 10.2. The Balaban J connectivity index is 1.80. The number of halogens is 1. The highest BCUT2D eigenvalue weighted by Crippen LogP contribution is 2.35. The van der Waals surface area contributed by atoms with Crippen LogP contribution in [-0.2, 0) is 4.79 Å². The number of nitrogens with one attached hydrogen (secondary N) is 1. The number of aliphatic imine (C=N–C) groups is 1. The zero-order valence-electron chi connectivity index (χ0n) is 15.4. The molecule has 2 N–H and O–H groups in total. The summed E-state index contributed by atoms with van der Waals surface area (Å²) in [5.74, 6) is 1.07. The number of hydrogen-bond acceptors (Lipinski definition) is 6. The number of rotatable bonds is 6. The molecule has 28 heavy (non-hydrogen) atoms. The van der Waals surface area contributed by atoms with E-state index in [1.54, 1.807) is 18.2 Å². The molecule has 146 valence electrons. The summed E-state index contributed by atoms with van der Waals surface area (Å²) >= 11 is 3.30. The molecule has 1 amide bonds. The Labute approximate surface area is 181 Å². The molecule has 1 heterocycles. The number of nitrogens with zero attached hydrogens (tertiary/aromatic N) is 1. The first kappa shape index (κ1) is 20.5. The number of phenolic OH excluding ortho intramolecular Hbond substituents is 1. The van der Waals surface area contributed by atoms with Crippen LogP contribution in [0.2, 0.25) is 0 Å². The van der Waals surface area contributed by atoms with E-state index in [-0.39, 0.29) is 11.7 Å². The molecular weight excluding hydrogens is 491 g/mol. The lowest BCUT2D eigenvalue weighted by molar-refractivity contribution is -0.115. The highest BCUT2D eigenvalue weighted by molar-refractivity contribution is 14.1. The Morgan fingerprint density at radius 3 is 2.57 bits per heavy atom. The Bertz CT molecular complexity index is 942. The van der Waals surface area contributed by atoms with Crippen LogP contribution in [0.5, 0.6) is 17.2 Å². The van der Waals surface area contributed by atoms with Gasteiger partial charge in [-0.15, -0.1) is 0 Å². The standard InChI is InChI=1S/C20H19IN2O4S/c1-3-26-14-7-5-13(6-8-14)22-20-23-19(25)17(28-20)11-12-9-15(21)18(24)16(10-12)27-4-2/h5-11,24H,3-4H2,1-2H3,(H,22,23,25)/b17-11+. The van der Waals surface area contributed by atoms with Crippen molar-refractivity contribution in [1.82, 2.24) is 5.32 Å². The first-order valence-corrected chi connectivity index (χ1v) is 10.6. The van der Waals surface area contributed by atoms with Gasteiger partial charge in [-0.1, -0.05) is 0 Å². The van der Waals surface area contributed by atoms with Gasteiger partial charge >= 0.3 is 0 Å². The number of amidine groups is 1. The third kappa shape index (κ3) is 4.99. The molecule has 6 nitrogen and oxygen atoms in total. The maximum atomic E-state index is 12.3. The van der Waals surface area contributed by atoms with E-state index < -0.39 is 0 Å². The van der Waals surface area contributed by atoms with Crippen molar-refractivity contribution in [2.45, 2.75) is 13.8 Å². The number of aromatic hydroxyl groups is 1. The summed E-state index contributed by atoms with van der Waals surface area (Å²) in [6.07, 6.45) is 1.75. The minimum Gasteiger partial charge on any atom is -0.504 e. The number of carbonyl (C=O) groups is 1. The smallest absolute Gasteiger partial charge is 0.264 e. The number of amides is 1. The molecule has 0 spiro atoms. The maximum absolute atomic E-state index is 12.3. The largest absolute Gasteiger partial charge is 0.504 e. The van der Waals surface area contributed by atoms with Crippen molar-refractivity contribution >= 4 is 57.2 Å². The van der Waals surface area contributed by atoms with E-state index in [0.29, 0.717) is 32.6 Å². The second-order valence-electron chi connectivity index (χ2n) is 5.69. The van der Waals surface area contributed by atoms with Crippen molar-refractivity contribution in [3.8, 4) is 17.2 Å². The van der Waals surface area contributed by atoms with E-state index in [1.807, 2.05) is 60.7 Å². The number of hydrogen-bond donors (Lipinski definition) is 2. The van der Waals surface area contributed by atoms with Crippen molar-refractivity contribution in [2.24, 2.45) is 4.99 Å². The van der Waals surface area contributed by atoms with Crippen LogP contribution >= 0.6 is 34.4 Å². The molecule has 0 aliphatic carbocycles. The topological polar surface area (TPSA) is 80.2 Å². The number of ether oxygens (including phenoxy) is 2. The predicted octanol–water partition coefficient (Wildman–Crippen LogP) is 4.69. The van der Waals surface area contributed by atoms with Gasteiger partial charge in [0.1, 0.15) is 5.75 Å². The average Bonchev–Trinajstić information content (AvgIpc) is 3.00. The van der Waals surface area contributed by atoms with E-state index in [0.717, 1.165) is 17.0 Å². The van der Waals surface area contributed by atoms with Crippen molar-refractivity contribution in [1.29, 1.82) is 0 Å². The van der Waals surface area contributed by atoms with Gasteiger partial charge in [0.2, 0.25) is 0 Å². The number of benzene rings is 2. The molecule has 2 aromatic carbocycles. The summed E-state index contributed by atoms with van der Waals surface area (Å²) in [7, 11) is 0. The monoisotopic (exact) mass is 510 g/mol. The van der Waals surface area contributed by atoms with Crippen molar-refractivity contribution in [3.05, 3.63) is 50.4 Å².